The summed E-state index contributed by atoms with van der Waals surface area (Å²) in [4.78, 5) is 10.5. The number of aryl methyl sites for hydroxylation is 1. The first-order valence-corrected chi connectivity index (χ1v) is 4.87. The second kappa shape index (κ2) is 5.44. The molecule has 1 rings (SSSR count). The molecule has 4 nitrogen and oxygen atoms in total. The predicted octanol–water partition coefficient (Wildman–Crippen LogP) is 0.473. The summed E-state index contributed by atoms with van der Waals surface area (Å²) in [5.74, 6) is -0.261. The Balaban J connectivity index is 2.27. The van der Waals surface area contributed by atoms with Crippen LogP contribution in [0.3, 0.4) is 0 Å². The number of aromatic nitrogens is 1. The molecule has 1 aromatic heterocycles. The van der Waals surface area contributed by atoms with Gasteiger partial charge < -0.3 is 15.6 Å². The van der Waals surface area contributed by atoms with E-state index in [4.69, 9.17) is 5.73 Å². The van der Waals surface area contributed by atoms with Crippen LogP contribution in [0, 0.1) is 0 Å². The minimum absolute atomic E-state index is 0.261. The maximum atomic E-state index is 10.5. The third kappa shape index (κ3) is 3.22. The quantitative estimate of drug-likeness (QED) is 0.648. The number of hydrogen-bond acceptors (Lipinski definition) is 2. The Hall–Kier alpha value is -1.29. The van der Waals surface area contributed by atoms with Gasteiger partial charge >= 0.3 is 0 Å². The van der Waals surface area contributed by atoms with Crippen molar-refractivity contribution < 1.29 is 4.79 Å². The second-order valence-electron chi connectivity index (χ2n) is 3.18. The van der Waals surface area contributed by atoms with Gasteiger partial charge in [0, 0.05) is 37.9 Å². The zero-order chi connectivity index (χ0) is 10.4. The van der Waals surface area contributed by atoms with Gasteiger partial charge in [0.1, 0.15) is 0 Å². The highest BCUT2D eigenvalue weighted by molar-refractivity contribution is 5.73. The van der Waals surface area contributed by atoms with Gasteiger partial charge in [0.2, 0.25) is 5.91 Å². The molecule has 0 saturated heterocycles. The van der Waals surface area contributed by atoms with Crippen LogP contribution in [0.5, 0.6) is 0 Å². The van der Waals surface area contributed by atoms with Crippen LogP contribution in [0.15, 0.2) is 18.3 Å². The Morgan fingerprint density at radius 2 is 2.43 bits per heavy atom. The molecule has 0 aliphatic carbocycles. The first-order chi connectivity index (χ1) is 6.74. The molecule has 1 heterocycles. The van der Waals surface area contributed by atoms with Crippen molar-refractivity contribution in [2.24, 2.45) is 5.73 Å². The van der Waals surface area contributed by atoms with Gasteiger partial charge in [-0.1, -0.05) is 0 Å². The monoisotopic (exact) mass is 195 g/mol. The Kier molecular flexibility index (Phi) is 4.19. The van der Waals surface area contributed by atoms with E-state index in [1.165, 1.54) is 5.69 Å². The summed E-state index contributed by atoms with van der Waals surface area (Å²) in [6, 6.07) is 4.09. The third-order valence-electron chi connectivity index (χ3n) is 2.12. The van der Waals surface area contributed by atoms with Gasteiger partial charge in [0.15, 0.2) is 0 Å². The molecule has 0 radical (unpaired) electrons. The van der Waals surface area contributed by atoms with Crippen molar-refractivity contribution in [3.8, 4) is 0 Å². The molecular formula is C10H17N3O. The van der Waals surface area contributed by atoms with Gasteiger partial charge in [-0.25, -0.2) is 0 Å². The lowest BCUT2D eigenvalue weighted by molar-refractivity contribution is -0.117. The Morgan fingerprint density at radius 1 is 1.64 bits per heavy atom. The minimum atomic E-state index is -0.261. The van der Waals surface area contributed by atoms with Gasteiger partial charge in [0.05, 0.1) is 0 Å². The maximum Gasteiger partial charge on any atom is 0.218 e. The largest absolute Gasteiger partial charge is 0.370 e. The fourth-order valence-corrected chi connectivity index (χ4v) is 1.35. The normalized spacial score (nSPS) is 10.4. The van der Waals surface area contributed by atoms with E-state index in [-0.39, 0.29) is 5.91 Å². The number of hydrogen-bond donors (Lipinski definition) is 2. The summed E-state index contributed by atoms with van der Waals surface area (Å²) in [5, 5.41) is 3.17. The lowest BCUT2D eigenvalue weighted by atomic mass is 10.3. The highest BCUT2D eigenvalue weighted by atomic mass is 16.1. The maximum absolute atomic E-state index is 10.5. The average Bonchev–Trinajstić information content (AvgIpc) is 2.59. The topological polar surface area (TPSA) is 60.1 Å². The van der Waals surface area contributed by atoms with Gasteiger partial charge in [-0.05, 0) is 19.1 Å². The second-order valence-corrected chi connectivity index (χ2v) is 3.18. The van der Waals surface area contributed by atoms with E-state index in [0.29, 0.717) is 13.0 Å². The Morgan fingerprint density at radius 3 is 3.07 bits per heavy atom. The molecule has 14 heavy (non-hydrogen) atoms. The fraction of sp³-hybridized carbons (Fsp3) is 0.500. The molecule has 0 aliphatic rings. The molecule has 78 valence electrons. The van der Waals surface area contributed by atoms with Crippen LogP contribution in [0.25, 0.3) is 0 Å². The van der Waals surface area contributed by atoms with Crippen LogP contribution in [0.1, 0.15) is 19.0 Å². The standard InChI is InChI=1S/C10H17N3O/c1-2-13-7-3-4-9(13)8-12-6-5-10(11)14/h3-4,7,12H,2,5-6,8H2,1H3,(H2,11,14). The van der Waals surface area contributed by atoms with Gasteiger partial charge in [-0.15, -0.1) is 0 Å². The number of rotatable bonds is 6. The van der Waals surface area contributed by atoms with Crippen molar-refractivity contribution in [2.45, 2.75) is 26.4 Å². The van der Waals surface area contributed by atoms with Crippen LogP contribution < -0.4 is 11.1 Å². The molecule has 0 aromatic carbocycles. The third-order valence-corrected chi connectivity index (χ3v) is 2.12. The van der Waals surface area contributed by atoms with Gasteiger partial charge in [0.25, 0.3) is 0 Å². The van der Waals surface area contributed by atoms with Crippen molar-refractivity contribution in [1.82, 2.24) is 9.88 Å². The van der Waals surface area contributed by atoms with Crippen molar-refractivity contribution in [3.63, 3.8) is 0 Å². The molecule has 0 atom stereocenters. The van der Waals surface area contributed by atoms with Crippen molar-refractivity contribution >= 4 is 5.91 Å². The number of carbonyl (C=O) groups is 1. The number of nitrogens with two attached hydrogens (primary N) is 1. The van der Waals surface area contributed by atoms with Gasteiger partial charge in [-0.3, -0.25) is 4.79 Å². The van der Waals surface area contributed by atoms with Crippen LogP contribution in [-0.2, 0) is 17.9 Å². The number of amides is 1. The predicted molar refractivity (Wildman–Crippen MR) is 55.6 cm³/mol. The lowest BCUT2D eigenvalue weighted by Crippen LogP contribution is -2.22. The summed E-state index contributed by atoms with van der Waals surface area (Å²) in [6.45, 7) is 4.51. The first-order valence-electron chi connectivity index (χ1n) is 4.87. The SMILES string of the molecule is CCn1cccc1CNCCC(N)=O. The van der Waals surface area contributed by atoms with Crippen LogP contribution in [0.4, 0.5) is 0 Å². The summed E-state index contributed by atoms with van der Waals surface area (Å²) >= 11 is 0. The number of primary amides is 1. The molecule has 3 N–H and O–H groups in total. The molecule has 4 heteroatoms. The van der Waals surface area contributed by atoms with Crippen molar-refractivity contribution in [3.05, 3.63) is 24.0 Å². The zero-order valence-corrected chi connectivity index (χ0v) is 8.49. The Bertz CT molecular complexity index is 293. The molecule has 0 aliphatic heterocycles. The van der Waals surface area contributed by atoms with E-state index in [2.05, 4.69) is 22.9 Å². The first kappa shape index (κ1) is 10.8. The highest BCUT2D eigenvalue weighted by Gasteiger charge is 1.98. The molecule has 0 saturated carbocycles. The molecule has 0 spiro atoms. The van der Waals surface area contributed by atoms with Crippen LogP contribution in [0.2, 0.25) is 0 Å². The summed E-state index contributed by atoms with van der Waals surface area (Å²) in [5.41, 5.74) is 6.26. The zero-order valence-electron chi connectivity index (χ0n) is 8.49. The number of nitrogens with one attached hydrogen (secondary N) is 1. The van der Waals surface area contributed by atoms with E-state index in [1.807, 2.05) is 12.3 Å². The summed E-state index contributed by atoms with van der Waals surface area (Å²) in [7, 11) is 0. The average molecular weight is 195 g/mol. The fourth-order valence-electron chi connectivity index (χ4n) is 1.35. The molecule has 1 amide bonds. The van der Waals surface area contributed by atoms with Crippen LogP contribution >= 0.6 is 0 Å². The van der Waals surface area contributed by atoms with Crippen molar-refractivity contribution in [1.29, 1.82) is 0 Å². The molecule has 0 unspecified atom stereocenters. The van der Waals surface area contributed by atoms with Gasteiger partial charge in [-0.2, -0.15) is 0 Å². The van der Waals surface area contributed by atoms with Crippen molar-refractivity contribution in [2.75, 3.05) is 6.54 Å². The smallest absolute Gasteiger partial charge is 0.218 e. The molecule has 0 fully saturated rings. The van der Waals surface area contributed by atoms with E-state index in [0.717, 1.165) is 13.1 Å². The van der Waals surface area contributed by atoms with E-state index in [1.54, 1.807) is 0 Å². The van der Waals surface area contributed by atoms with E-state index >= 15 is 0 Å². The number of nitrogens with zero attached hydrogens (tertiary/aromatic N) is 1. The van der Waals surface area contributed by atoms with E-state index < -0.39 is 0 Å². The van der Waals surface area contributed by atoms with E-state index in [9.17, 15) is 4.79 Å². The minimum Gasteiger partial charge on any atom is -0.370 e. The molecule has 1 aromatic rings. The number of carbonyl (C=O) groups excluding carboxylic acids is 1. The Labute approximate surface area is 84.1 Å². The lowest BCUT2D eigenvalue weighted by Gasteiger charge is -2.06. The molecular weight excluding hydrogens is 178 g/mol. The van der Waals surface area contributed by atoms with Crippen LogP contribution in [-0.4, -0.2) is 17.0 Å². The summed E-state index contributed by atoms with van der Waals surface area (Å²) in [6.07, 6.45) is 2.44. The molecule has 0 bridgehead atoms. The summed E-state index contributed by atoms with van der Waals surface area (Å²) < 4.78 is 2.16. The highest BCUT2D eigenvalue weighted by Crippen LogP contribution is 2.01.